The molecule has 4 rings (SSSR count). The van der Waals surface area contributed by atoms with Crippen molar-refractivity contribution < 1.29 is 0 Å². The standard InChI is InChI=1S/C22H27N5S.ClH/c23-22(20-7-4-14-28-20)26-18-10-8-16(9-11-18)19-15-25-21(27-19)12-13-24-17-5-2-1-3-6-17;/h4,7-11,14-15,17,24H,1-3,5-6,12-13H2,(H2,23,26)(H,25,27);1H. The number of rotatable bonds is 7. The zero-order chi connectivity index (χ0) is 19.2. The number of aromatic amines is 1. The van der Waals surface area contributed by atoms with Crippen LogP contribution in [0.4, 0.5) is 5.69 Å². The zero-order valence-corrected chi connectivity index (χ0v) is 18.1. The molecule has 0 aliphatic heterocycles. The second-order valence-electron chi connectivity index (χ2n) is 7.30. The number of H-pyrrole nitrogens is 1. The van der Waals surface area contributed by atoms with Gasteiger partial charge in [0.15, 0.2) is 0 Å². The van der Waals surface area contributed by atoms with Gasteiger partial charge in [-0.1, -0.05) is 37.5 Å². The lowest BCUT2D eigenvalue weighted by molar-refractivity contribution is 0.375. The van der Waals surface area contributed by atoms with E-state index in [0.29, 0.717) is 11.9 Å². The van der Waals surface area contributed by atoms with E-state index in [1.165, 1.54) is 32.1 Å². The number of thiophene rings is 1. The smallest absolute Gasteiger partial charge is 0.141 e. The molecule has 1 aliphatic carbocycles. The first-order chi connectivity index (χ1) is 13.8. The number of nitrogens with zero attached hydrogens (tertiary/aromatic N) is 2. The first-order valence-corrected chi connectivity index (χ1v) is 10.9. The number of amidine groups is 1. The molecule has 4 N–H and O–H groups in total. The highest BCUT2D eigenvalue weighted by Gasteiger charge is 2.12. The molecule has 0 bridgehead atoms. The Morgan fingerprint density at radius 3 is 2.69 bits per heavy atom. The predicted molar refractivity (Wildman–Crippen MR) is 125 cm³/mol. The zero-order valence-electron chi connectivity index (χ0n) is 16.4. The Kier molecular flexibility index (Phi) is 7.86. The minimum absolute atomic E-state index is 0. The maximum atomic E-state index is 6.06. The molecule has 0 radical (unpaired) electrons. The summed E-state index contributed by atoms with van der Waals surface area (Å²) in [6.45, 7) is 0.979. The van der Waals surface area contributed by atoms with Crippen molar-refractivity contribution in [3.05, 3.63) is 58.7 Å². The summed E-state index contributed by atoms with van der Waals surface area (Å²) in [7, 11) is 0. The molecule has 1 aliphatic rings. The van der Waals surface area contributed by atoms with Crippen molar-refractivity contribution in [1.82, 2.24) is 15.3 Å². The number of aliphatic imine (C=N–C) groups is 1. The van der Waals surface area contributed by atoms with E-state index in [9.17, 15) is 0 Å². The van der Waals surface area contributed by atoms with Crippen LogP contribution in [-0.4, -0.2) is 28.4 Å². The molecule has 5 nitrogen and oxygen atoms in total. The third-order valence-electron chi connectivity index (χ3n) is 5.23. The van der Waals surface area contributed by atoms with E-state index >= 15 is 0 Å². The van der Waals surface area contributed by atoms with Gasteiger partial charge < -0.3 is 16.0 Å². The number of imidazole rings is 1. The highest BCUT2D eigenvalue weighted by molar-refractivity contribution is 7.12. The molecule has 1 saturated carbocycles. The van der Waals surface area contributed by atoms with Crippen molar-refractivity contribution in [3.63, 3.8) is 0 Å². The van der Waals surface area contributed by atoms with Gasteiger partial charge in [0.2, 0.25) is 0 Å². The highest BCUT2D eigenvalue weighted by Crippen LogP contribution is 2.22. The fourth-order valence-corrected chi connectivity index (χ4v) is 4.30. The van der Waals surface area contributed by atoms with Crippen LogP contribution in [0.2, 0.25) is 0 Å². The predicted octanol–water partition coefficient (Wildman–Crippen LogP) is 5.06. The van der Waals surface area contributed by atoms with Crippen molar-refractivity contribution in [2.45, 2.75) is 44.6 Å². The van der Waals surface area contributed by atoms with Gasteiger partial charge in [-0.15, -0.1) is 23.7 Å². The van der Waals surface area contributed by atoms with Gasteiger partial charge in [-0.2, -0.15) is 0 Å². The number of nitrogens with two attached hydrogens (primary N) is 1. The number of aromatic nitrogens is 2. The van der Waals surface area contributed by atoms with Gasteiger partial charge in [0, 0.05) is 19.0 Å². The summed E-state index contributed by atoms with van der Waals surface area (Å²) in [4.78, 5) is 13.5. The first kappa shape index (κ1) is 21.6. The van der Waals surface area contributed by atoms with E-state index in [4.69, 9.17) is 5.73 Å². The van der Waals surface area contributed by atoms with E-state index < -0.39 is 0 Å². The Morgan fingerprint density at radius 1 is 1.17 bits per heavy atom. The molecule has 0 unspecified atom stereocenters. The average molecular weight is 430 g/mol. The molecular weight excluding hydrogens is 402 g/mol. The lowest BCUT2D eigenvalue weighted by atomic mass is 9.95. The first-order valence-electron chi connectivity index (χ1n) is 10.0. The fraction of sp³-hybridized carbons (Fsp3) is 0.364. The van der Waals surface area contributed by atoms with Gasteiger partial charge in [-0.05, 0) is 42.0 Å². The maximum Gasteiger partial charge on any atom is 0.141 e. The van der Waals surface area contributed by atoms with Crippen molar-refractivity contribution >= 4 is 35.3 Å². The summed E-state index contributed by atoms with van der Waals surface area (Å²) in [5.74, 6) is 1.58. The number of hydrogen-bond donors (Lipinski definition) is 3. The summed E-state index contributed by atoms with van der Waals surface area (Å²) in [5, 5.41) is 5.67. The van der Waals surface area contributed by atoms with Crippen molar-refractivity contribution in [3.8, 4) is 11.3 Å². The Morgan fingerprint density at radius 2 is 1.97 bits per heavy atom. The topological polar surface area (TPSA) is 79.1 Å². The van der Waals surface area contributed by atoms with Crippen molar-refractivity contribution in [2.75, 3.05) is 6.54 Å². The molecule has 0 saturated heterocycles. The van der Waals surface area contributed by atoms with Crippen LogP contribution in [0.3, 0.4) is 0 Å². The number of benzene rings is 1. The SMILES string of the molecule is Cl.NC(=Nc1ccc(-c2cnc(CCNC3CCCCC3)[nH]2)cc1)c1cccs1. The molecule has 154 valence electrons. The monoisotopic (exact) mass is 429 g/mol. The molecule has 7 heteroatoms. The third-order valence-corrected chi connectivity index (χ3v) is 6.12. The second kappa shape index (κ2) is 10.6. The van der Waals surface area contributed by atoms with Gasteiger partial charge in [0.1, 0.15) is 11.7 Å². The van der Waals surface area contributed by atoms with Gasteiger partial charge in [-0.3, -0.25) is 0 Å². The van der Waals surface area contributed by atoms with E-state index in [2.05, 4.69) is 32.4 Å². The quantitative estimate of drug-likeness (QED) is 0.362. The van der Waals surface area contributed by atoms with E-state index in [0.717, 1.165) is 40.6 Å². The summed E-state index contributed by atoms with van der Waals surface area (Å²) in [6.07, 6.45) is 9.59. The van der Waals surface area contributed by atoms with Crippen molar-refractivity contribution in [2.24, 2.45) is 10.7 Å². The molecule has 1 aromatic carbocycles. The van der Waals surface area contributed by atoms with E-state index in [-0.39, 0.29) is 12.4 Å². The van der Waals surface area contributed by atoms with Gasteiger partial charge in [0.05, 0.1) is 22.5 Å². The molecule has 2 aromatic heterocycles. The highest BCUT2D eigenvalue weighted by atomic mass is 35.5. The number of nitrogens with one attached hydrogen (secondary N) is 2. The van der Waals surface area contributed by atoms with Crippen LogP contribution in [0, 0.1) is 0 Å². The number of halogens is 1. The molecule has 1 fully saturated rings. The summed E-state index contributed by atoms with van der Waals surface area (Å²) >= 11 is 1.59. The summed E-state index contributed by atoms with van der Waals surface area (Å²) in [6, 6.07) is 12.7. The van der Waals surface area contributed by atoms with Crippen LogP contribution in [0.15, 0.2) is 53.0 Å². The normalized spacial score (nSPS) is 15.2. The van der Waals surface area contributed by atoms with Crippen molar-refractivity contribution in [1.29, 1.82) is 0 Å². The van der Waals surface area contributed by atoms with Gasteiger partial charge in [0.25, 0.3) is 0 Å². The van der Waals surface area contributed by atoms with Crippen LogP contribution < -0.4 is 11.1 Å². The minimum atomic E-state index is 0. The van der Waals surface area contributed by atoms with Crippen LogP contribution in [0.1, 0.15) is 42.8 Å². The molecule has 0 atom stereocenters. The van der Waals surface area contributed by atoms with Gasteiger partial charge >= 0.3 is 0 Å². The molecular formula is C22H28ClN5S. The van der Waals surface area contributed by atoms with E-state index in [1.54, 1.807) is 11.3 Å². The molecule has 2 heterocycles. The Balaban J connectivity index is 0.00000240. The maximum absolute atomic E-state index is 6.06. The lowest BCUT2D eigenvalue weighted by Gasteiger charge is -2.22. The minimum Gasteiger partial charge on any atom is -0.383 e. The summed E-state index contributed by atoms with van der Waals surface area (Å²) < 4.78 is 0. The Bertz CT molecular complexity index is 896. The molecule has 3 aromatic rings. The fourth-order valence-electron chi connectivity index (χ4n) is 3.67. The number of hydrogen-bond acceptors (Lipinski definition) is 4. The van der Waals surface area contributed by atoms with Crippen LogP contribution in [0.5, 0.6) is 0 Å². The molecule has 29 heavy (non-hydrogen) atoms. The van der Waals surface area contributed by atoms with Crippen LogP contribution >= 0.6 is 23.7 Å². The second-order valence-corrected chi connectivity index (χ2v) is 8.25. The third kappa shape index (κ3) is 5.92. The van der Waals surface area contributed by atoms with Crippen LogP contribution in [-0.2, 0) is 6.42 Å². The Labute approximate surface area is 182 Å². The molecule has 0 spiro atoms. The summed E-state index contributed by atoms with van der Waals surface area (Å²) in [5.41, 5.74) is 9.06. The lowest BCUT2D eigenvalue weighted by Crippen LogP contribution is -2.32. The van der Waals surface area contributed by atoms with Gasteiger partial charge in [-0.25, -0.2) is 9.98 Å². The largest absolute Gasteiger partial charge is 0.383 e. The van der Waals surface area contributed by atoms with Crippen LogP contribution in [0.25, 0.3) is 11.3 Å². The Hall–Kier alpha value is -2.15. The average Bonchev–Trinajstić information content (AvgIpc) is 3.42. The van der Waals surface area contributed by atoms with E-state index in [1.807, 2.05) is 35.8 Å². The molecule has 0 amide bonds.